The van der Waals surface area contributed by atoms with Gasteiger partial charge in [0.1, 0.15) is 0 Å². The van der Waals surface area contributed by atoms with Gasteiger partial charge in [-0.1, -0.05) is 148 Å². The Morgan fingerprint density at radius 3 is 1.36 bits per heavy atom. The Balaban J connectivity index is 1.60. The second-order valence-corrected chi connectivity index (χ2v) is 13.3. The minimum absolute atomic E-state index is 0.927. The van der Waals surface area contributed by atoms with Crippen LogP contribution < -0.4 is 0 Å². The van der Waals surface area contributed by atoms with Gasteiger partial charge >= 0.3 is 0 Å². The molecule has 2 heteroatoms. The number of aryl methyl sites for hydroxylation is 2. The van der Waals surface area contributed by atoms with Gasteiger partial charge in [-0.05, 0) is 80.3 Å². The first kappa shape index (κ1) is 36.0. The van der Waals surface area contributed by atoms with Crippen LogP contribution in [0.15, 0.2) is 59.7 Å². The maximum absolute atomic E-state index is 11.9. The first-order chi connectivity index (χ1) is 21.6. The van der Waals surface area contributed by atoms with E-state index in [-0.39, 0.29) is 0 Å². The Morgan fingerprint density at radius 2 is 0.864 bits per heavy atom. The van der Waals surface area contributed by atoms with E-state index in [9.17, 15) is 5.53 Å². The van der Waals surface area contributed by atoms with Crippen molar-refractivity contribution in [2.45, 2.75) is 169 Å². The van der Waals surface area contributed by atoms with Crippen LogP contribution in [0.5, 0.6) is 0 Å². The van der Waals surface area contributed by atoms with Gasteiger partial charge in [0, 0.05) is 22.3 Å². The molecule has 1 heterocycles. The monoisotopic (exact) mass is 597 g/mol. The van der Waals surface area contributed by atoms with Crippen LogP contribution in [0.1, 0.15) is 178 Å². The zero-order valence-electron chi connectivity index (χ0n) is 29.1. The maximum atomic E-state index is 11.9. The molecule has 3 rings (SSSR count). The second-order valence-electron chi connectivity index (χ2n) is 13.3. The Kier molecular flexibility index (Phi) is 17.4. The summed E-state index contributed by atoms with van der Waals surface area (Å²) in [4.78, 5) is 0. The van der Waals surface area contributed by atoms with E-state index in [1.54, 1.807) is 4.70 Å². The van der Waals surface area contributed by atoms with Crippen molar-refractivity contribution in [2.75, 3.05) is 0 Å². The number of unbranched alkanes of at least 4 members (excludes halogenated alkanes) is 15. The van der Waals surface area contributed by atoms with Gasteiger partial charge in [-0.3, -0.25) is 0 Å². The highest BCUT2D eigenvalue weighted by atomic mass is 15.2. The highest BCUT2D eigenvalue weighted by molar-refractivity contribution is 5.82. The lowest BCUT2D eigenvalue weighted by Crippen LogP contribution is -2.03. The van der Waals surface area contributed by atoms with Crippen LogP contribution in [0.3, 0.4) is 0 Å². The Bertz CT molecular complexity index is 1180. The Hall–Kier alpha value is -2.48. The third kappa shape index (κ3) is 11.5. The number of allylic oxidation sites excluding steroid dienone is 2. The third-order valence-corrected chi connectivity index (χ3v) is 9.53. The first-order valence-corrected chi connectivity index (χ1v) is 18.8. The minimum atomic E-state index is 0.927. The van der Waals surface area contributed by atoms with Crippen LogP contribution in [-0.4, -0.2) is 4.70 Å². The van der Waals surface area contributed by atoms with Crippen LogP contribution in [0.2, 0.25) is 0 Å². The van der Waals surface area contributed by atoms with Gasteiger partial charge in [-0.2, -0.15) is 0 Å². The molecule has 44 heavy (non-hydrogen) atoms. The molecule has 0 bridgehead atoms. The topological polar surface area (TPSA) is 25.3 Å². The molecule has 0 saturated carbocycles. The summed E-state index contributed by atoms with van der Waals surface area (Å²) in [5.74, 6) is 0. The Labute approximate surface area is 271 Å². The van der Waals surface area contributed by atoms with E-state index in [1.807, 2.05) is 0 Å². The minimum Gasteiger partial charge on any atom is -0.493 e. The van der Waals surface area contributed by atoms with Crippen LogP contribution in [0.25, 0.3) is 16.9 Å². The largest absolute Gasteiger partial charge is 0.493 e. The van der Waals surface area contributed by atoms with Gasteiger partial charge in [-0.25, -0.2) is 4.70 Å². The number of hydrogen-bond donors (Lipinski definition) is 0. The summed E-state index contributed by atoms with van der Waals surface area (Å²) >= 11 is 0. The number of nitrogens with zero attached hydrogens (tertiary/aromatic N) is 2. The summed E-state index contributed by atoms with van der Waals surface area (Å²) in [7, 11) is 0. The van der Waals surface area contributed by atoms with E-state index in [0.717, 1.165) is 54.6 Å². The van der Waals surface area contributed by atoms with Crippen molar-refractivity contribution in [3.05, 3.63) is 87.5 Å². The fourth-order valence-corrected chi connectivity index (χ4v) is 6.92. The third-order valence-electron chi connectivity index (χ3n) is 9.53. The molecule has 0 N–H and O–H groups in total. The lowest BCUT2D eigenvalue weighted by Gasteiger charge is -2.12. The van der Waals surface area contributed by atoms with Crippen molar-refractivity contribution < 1.29 is 4.70 Å². The molecular weight excluding hydrogens is 532 g/mol. The van der Waals surface area contributed by atoms with Crippen molar-refractivity contribution in [1.29, 1.82) is 0 Å². The molecule has 2 aromatic rings. The average Bonchev–Trinajstić information content (AvgIpc) is 3.33. The highest BCUT2D eigenvalue weighted by Gasteiger charge is 2.34. The summed E-state index contributed by atoms with van der Waals surface area (Å²) in [6.45, 7) is 9.07. The molecule has 0 aromatic heterocycles. The summed E-state index contributed by atoms with van der Waals surface area (Å²) in [5.41, 5.74) is 21.6. The zero-order valence-corrected chi connectivity index (χ0v) is 29.1. The molecule has 2 nitrogen and oxygen atoms in total. The number of benzene rings is 2. The fraction of sp³-hybridized carbons (Fsp3) is 0.619. The Morgan fingerprint density at radius 1 is 0.455 bits per heavy atom. The van der Waals surface area contributed by atoms with Crippen molar-refractivity contribution in [3.63, 3.8) is 0 Å². The average molecular weight is 597 g/mol. The highest BCUT2D eigenvalue weighted by Crippen LogP contribution is 2.44. The van der Waals surface area contributed by atoms with Crippen LogP contribution in [-0.2, 0) is 12.8 Å². The quantitative estimate of drug-likeness (QED) is 0.0851. The molecule has 0 unspecified atom stereocenters. The standard InChI is InChI=1S/C42H64N2/c1-5-9-12-13-14-15-16-17-18-19-20-21-23-27-36-29-25-30-37(34-36)41-39(8-4)40(32-22-10-6-2)42(44(41)43)38-31-24-28-35(33-38)26-11-7-3/h24-25,28-31,33-34H,5-23,26-27,32H2,1-4H3. The molecule has 0 spiro atoms. The molecular formula is C42H64N2. The predicted molar refractivity (Wildman–Crippen MR) is 193 cm³/mol. The molecule has 2 aromatic carbocycles. The van der Waals surface area contributed by atoms with Crippen molar-refractivity contribution in [3.8, 4) is 0 Å². The van der Waals surface area contributed by atoms with Crippen LogP contribution >= 0.6 is 0 Å². The van der Waals surface area contributed by atoms with Crippen molar-refractivity contribution in [2.24, 2.45) is 0 Å². The van der Waals surface area contributed by atoms with E-state index < -0.39 is 0 Å². The summed E-state index contributed by atoms with van der Waals surface area (Å²) in [6.07, 6.45) is 28.2. The van der Waals surface area contributed by atoms with Gasteiger partial charge in [0.25, 0.3) is 0 Å². The fourth-order valence-electron chi connectivity index (χ4n) is 6.92. The SMILES string of the molecule is CCCCCCCCCCCCCCCc1cccc(C2=C(CC)C(CCCCC)=C(c3cccc(CCCC)c3)[N+]2=[N-])c1. The molecule has 1 aliphatic heterocycles. The van der Waals surface area contributed by atoms with Crippen LogP contribution in [0, 0.1) is 0 Å². The molecule has 0 radical (unpaired) electrons. The van der Waals surface area contributed by atoms with E-state index in [0.29, 0.717) is 0 Å². The van der Waals surface area contributed by atoms with Crippen molar-refractivity contribution >= 4 is 11.4 Å². The number of rotatable bonds is 24. The maximum Gasteiger partial charge on any atom is 0.211 e. The molecule has 0 fully saturated rings. The van der Waals surface area contributed by atoms with Gasteiger partial charge in [0.15, 0.2) is 0 Å². The van der Waals surface area contributed by atoms with Crippen LogP contribution in [0.4, 0.5) is 0 Å². The zero-order chi connectivity index (χ0) is 31.4. The summed E-state index contributed by atoms with van der Waals surface area (Å²) in [6, 6.07) is 17.9. The van der Waals surface area contributed by atoms with E-state index in [2.05, 4.69) is 76.2 Å². The van der Waals surface area contributed by atoms with Crippen molar-refractivity contribution in [1.82, 2.24) is 0 Å². The second kappa shape index (κ2) is 21.3. The smallest absolute Gasteiger partial charge is 0.211 e. The first-order valence-electron chi connectivity index (χ1n) is 18.8. The molecule has 0 aliphatic carbocycles. The van der Waals surface area contributed by atoms with E-state index >= 15 is 0 Å². The lowest BCUT2D eigenvalue weighted by atomic mass is 9.92. The molecule has 0 amide bonds. The molecule has 1 aliphatic rings. The summed E-state index contributed by atoms with van der Waals surface area (Å²) < 4.78 is 1.55. The molecule has 0 saturated heterocycles. The normalized spacial score (nSPS) is 13.5. The van der Waals surface area contributed by atoms with Gasteiger partial charge in [0.2, 0.25) is 11.4 Å². The van der Waals surface area contributed by atoms with Gasteiger partial charge < -0.3 is 5.53 Å². The molecule has 0 atom stereocenters. The molecule has 242 valence electrons. The van der Waals surface area contributed by atoms with Gasteiger partial charge in [0.05, 0.1) is 0 Å². The summed E-state index contributed by atoms with van der Waals surface area (Å²) in [5, 5.41) is 0. The number of hydrogen-bond acceptors (Lipinski definition) is 0. The lowest BCUT2D eigenvalue weighted by molar-refractivity contribution is -0.345. The van der Waals surface area contributed by atoms with Gasteiger partial charge in [-0.15, -0.1) is 0 Å². The van der Waals surface area contributed by atoms with E-state index in [4.69, 9.17) is 0 Å². The predicted octanol–water partition coefficient (Wildman–Crippen LogP) is 13.8. The van der Waals surface area contributed by atoms with E-state index in [1.165, 1.54) is 131 Å².